The van der Waals surface area contributed by atoms with Gasteiger partial charge in [0.25, 0.3) is 0 Å². The number of nitrogens with one attached hydrogen (secondary N) is 1. The van der Waals surface area contributed by atoms with Gasteiger partial charge in [0.05, 0.1) is 17.2 Å². The second-order valence-corrected chi connectivity index (χ2v) is 9.26. The molecular weight excluding hydrogens is 428 g/mol. The number of aryl methyl sites for hydroxylation is 1. The Balaban J connectivity index is 1.55. The van der Waals surface area contributed by atoms with E-state index < -0.39 is 5.91 Å². The van der Waals surface area contributed by atoms with Crippen LogP contribution in [0.15, 0.2) is 57.2 Å². The van der Waals surface area contributed by atoms with E-state index in [0.717, 1.165) is 5.56 Å². The van der Waals surface area contributed by atoms with Crippen molar-refractivity contribution in [3.8, 4) is 11.5 Å². The summed E-state index contributed by atoms with van der Waals surface area (Å²) < 4.78 is 7.19. The van der Waals surface area contributed by atoms with Crippen LogP contribution in [0.1, 0.15) is 5.56 Å². The Hall–Kier alpha value is -2.56. The maximum atomic E-state index is 12.4. The molecule has 2 aromatic carbocycles. The van der Waals surface area contributed by atoms with Crippen molar-refractivity contribution in [3.63, 3.8) is 0 Å². The van der Waals surface area contributed by atoms with Crippen molar-refractivity contribution in [1.82, 2.24) is 10.2 Å². The number of hydrogen-bond acceptors (Lipinski definition) is 8. The first kappa shape index (κ1) is 21.2. The second kappa shape index (κ2) is 10.3. The van der Waals surface area contributed by atoms with Gasteiger partial charge in [-0.25, -0.2) is 0 Å². The van der Waals surface area contributed by atoms with Gasteiger partial charge in [-0.3, -0.25) is 9.59 Å². The molecule has 0 bridgehead atoms. The van der Waals surface area contributed by atoms with Gasteiger partial charge in [-0.15, -0.1) is 10.2 Å². The number of nitrogens with zero attached hydrogens (tertiary/aromatic N) is 2. The lowest BCUT2D eigenvalue weighted by atomic mass is 10.2. The van der Waals surface area contributed by atoms with E-state index in [2.05, 4.69) is 15.5 Å². The van der Waals surface area contributed by atoms with Crippen molar-refractivity contribution in [2.24, 2.45) is 5.73 Å². The molecule has 0 aliphatic heterocycles. The molecule has 2 amide bonds. The summed E-state index contributed by atoms with van der Waals surface area (Å²) >= 11 is 3.83. The highest BCUT2D eigenvalue weighted by Gasteiger charge is 2.12. The van der Waals surface area contributed by atoms with Crippen LogP contribution >= 0.6 is 34.9 Å². The minimum absolute atomic E-state index is 0.150. The molecule has 10 heteroatoms. The molecule has 1 heterocycles. The van der Waals surface area contributed by atoms with E-state index in [1.807, 2.05) is 43.3 Å². The molecule has 0 saturated heterocycles. The van der Waals surface area contributed by atoms with Crippen LogP contribution in [0.25, 0.3) is 0 Å². The van der Waals surface area contributed by atoms with E-state index in [0.29, 0.717) is 25.9 Å². The third kappa shape index (κ3) is 6.77. The van der Waals surface area contributed by atoms with Crippen LogP contribution in [-0.4, -0.2) is 33.5 Å². The number of nitrogens with two attached hydrogens (primary N) is 1. The molecule has 0 aliphatic carbocycles. The molecule has 0 unspecified atom stereocenters. The monoisotopic (exact) mass is 446 g/mol. The van der Waals surface area contributed by atoms with Gasteiger partial charge in [0.15, 0.2) is 14.4 Å². The highest BCUT2D eigenvalue weighted by atomic mass is 32.2. The number of carbonyl (C=O) groups is 2. The van der Waals surface area contributed by atoms with Crippen LogP contribution in [-0.2, 0) is 9.59 Å². The molecule has 29 heavy (non-hydrogen) atoms. The number of benzene rings is 2. The summed E-state index contributed by atoms with van der Waals surface area (Å²) in [6.07, 6.45) is 0. The van der Waals surface area contributed by atoms with E-state index in [1.54, 1.807) is 12.1 Å². The Labute approximate surface area is 180 Å². The second-order valence-electron chi connectivity index (χ2n) is 5.84. The Morgan fingerprint density at radius 1 is 1.03 bits per heavy atom. The van der Waals surface area contributed by atoms with Gasteiger partial charge in [0.2, 0.25) is 11.8 Å². The summed E-state index contributed by atoms with van der Waals surface area (Å²) in [5.41, 5.74) is 6.85. The highest BCUT2D eigenvalue weighted by Crippen LogP contribution is 2.31. The molecule has 3 N–H and O–H groups in total. The summed E-state index contributed by atoms with van der Waals surface area (Å²) in [7, 11) is 0. The van der Waals surface area contributed by atoms with E-state index in [1.165, 1.54) is 34.9 Å². The van der Waals surface area contributed by atoms with Gasteiger partial charge in [-0.1, -0.05) is 64.7 Å². The van der Waals surface area contributed by atoms with Gasteiger partial charge in [-0.05, 0) is 31.2 Å². The molecule has 0 radical (unpaired) electrons. The number of carbonyl (C=O) groups excluding carboxylic acids is 2. The number of rotatable bonds is 9. The first-order valence-corrected chi connectivity index (χ1v) is 11.3. The number of anilines is 1. The van der Waals surface area contributed by atoms with Crippen LogP contribution in [0.2, 0.25) is 0 Å². The maximum absolute atomic E-state index is 12.4. The highest BCUT2D eigenvalue weighted by molar-refractivity contribution is 8.03. The standard InChI is InChI=1S/C19H18N4O3S3/c1-12-6-8-13(9-7-12)26-15-5-3-2-4-14(15)21-17(25)11-28-19-23-22-18(29-19)27-10-16(20)24/h2-9H,10-11H2,1H3,(H2,20,24)(H,21,25). The van der Waals surface area contributed by atoms with E-state index in [9.17, 15) is 9.59 Å². The fourth-order valence-corrected chi connectivity index (χ4v) is 4.71. The van der Waals surface area contributed by atoms with Crippen LogP contribution in [0.4, 0.5) is 5.69 Å². The fraction of sp³-hybridized carbons (Fsp3) is 0.158. The number of primary amides is 1. The Bertz CT molecular complexity index is 992. The summed E-state index contributed by atoms with van der Waals surface area (Å²) in [6.45, 7) is 2.01. The van der Waals surface area contributed by atoms with Crippen LogP contribution in [0.3, 0.4) is 0 Å². The summed E-state index contributed by atoms with van der Waals surface area (Å²) in [4.78, 5) is 23.2. The summed E-state index contributed by atoms with van der Waals surface area (Å²) in [6, 6.07) is 15.0. The number of ether oxygens (including phenoxy) is 1. The van der Waals surface area contributed by atoms with Gasteiger partial charge < -0.3 is 15.8 Å². The quantitative estimate of drug-likeness (QED) is 0.479. The van der Waals surface area contributed by atoms with Crippen molar-refractivity contribution < 1.29 is 14.3 Å². The van der Waals surface area contributed by atoms with Gasteiger partial charge >= 0.3 is 0 Å². The molecule has 3 aromatic rings. The lowest BCUT2D eigenvalue weighted by Crippen LogP contribution is -2.14. The number of hydrogen-bond donors (Lipinski definition) is 2. The molecule has 150 valence electrons. The van der Waals surface area contributed by atoms with Crippen LogP contribution in [0, 0.1) is 6.92 Å². The van der Waals surface area contributed by atoms with Crippen molar-refractivity contribution >= 4 is 52.4 Å². The Morgan fingerprint density at radius 3 is 2.38 bits per heavy atom. The van der Waals surface area contributed by atoms with Gasteiger partial charge in [0.1, 0.15) is 5.75 Å². The molecule has 3 rings (SSSR count). The zero-order valence-electron chi connectivity index (χ0n) is 15.5. The first-order chi connectivity index (χ1) is 14.0. The lowest BCUT2D eigenvalue weighted by Gasteiger charge is -2.12. The summed E-state index contributed by atoms with van der Waals surface area (Å²) in [5.74, 6) is 0.991. The van der Waals surface area contributed by atoms with Gasteiger partial charge in [-0.2, -0.15) is 0 Å². The summed E-state index contributed by atoms with van der Waals surface area (Å²) in [5, 5.41) is 10.8. The van der Waals surface area contributed by atoms with Gasteiger partial charge in [0, 0.05) is 0 Å². The predicted octanol–water partition coefficient (Wildman–Crippen LogP) is 3.95. The topological polar surface area (TPSA) is 107 Å². The van der Waals surface area contributed by atoms with E-state index in [4.69, 9.17) is 10.5 Å². The smallest absolute Gasteiger partial charge is 0.234 e. The molecule has 0 fully saturated rings. The molecule has 0 spiro atoms. The average molecular weight is 447 g/mol. The molecule has 1 aromatic heterocycles. The van der Waals surface area contributed by atoms with Crippen molar-refractivity contribution in [3.05, 3.63) is 54.1 Å². The molecule has 0 atom stereocenters. The van der Waals surface area contributed by atoms with Crippen LogP contribution in [0.5, 0.6) is 11.5 Å². The lowest BCUT2D eigenvalue weighted by molar-refractivity contribution is -0.115. The van der Waals surface area contributed by atoms with Crippen molar-refractivity contribution in [1.29, 1.82) is 0 Å². The van der Waals surface area contributed by atoms with E-state index in [-0.39, 0.29) is 17.4 Å². The zero-order chi connectivity index (χ0) is 20.6. The number of amides is 2. The third-order valence-electron chi connectivity index (χ3n) is 3.46. The SMILES string of the molecule is Cc1ccc(Oc2ccccc2NC(=O)CSc2nnc(SCC(N)=O)s2)cc1. The fourth-order valence-electron chi connectivity index (χ4n) is 2.15. The maximum Gasteiger partial charge on any atom is 0.234 e. The normalized spacial score (nSPS) is 10.5. The third-order valence-corrected chi connectivity index (χ3v) is 6.67. The largest absolute Gasteiger partial charge is 0.455 e. The van der Waals surface area contributed by atoms with Crippen LogP contribution < -0.4 is 15.8 Å². The van der Waals surface area contributed by atoms with Crippen molar-refractivity contribution in [2.45, 2.75) is 15.6 Å². The minimum Gasteiger partial charge on any atom is -0.455 e. The molecule has 0 aliphatic rings. The Morgan fingerprint density at radius 2 is 1.69 bits per heavy atom. The average Bonchev–Trinajstić information content (AvgIpc) is 3.16. The van der Waals surface area contributed by atoms with E-state index >= 15 is 0 Å². The zero-order valence-corrected chi connectivity index (χ0v) is 17.9. The number of aromatic nitrogens is 2. The first-order valence-electron chi connectivity index (χ1n) is 8.50. The molecule has 0 saturated carbocycles. The van der Waals surface area contributed by atoms with Crippen molar-refractivity contribution in [2.75, 3.05) is 16.8 Å². The number of thioether (sulfide) groups is 2. The molecular formula is C19H18N4O3S3. The minimum atomic E-state index is -0.412. The predicted molar refractivity (Wildman–Crippen MR) is 117 cm³/mol. The molecule has 7 nitrogen and oxygen atoms in total. The number of para-hydroxylation sites is 2. The Kier molecular flexibility index (Phi) is 7.50.